The van der Waals surface area contributed by atoms with Crippen molar-refractivity contribution >= 4 is 22.8 Å². The summed E-state index contributed by atoms with van der Waals surface area (Å²) in [6.07, 6.45) is 1.58. The van der Waals surface area contributed by atoms with Crippen LogP contribution in [0.4, 0.5) is 4.79 Å². The van der Waals surface area contributed by atoms with Gasteiger partial charge in [0.05, 0.1) is 12.5 Å². The first kappa shape index (κ1) is 21.2. The Balaban J connectivity index is 1.95. The van der Waals surface area contributed by atoms with Gasteiger partial charge in [0.25, 0.3) is 0 Å². The fourth-order valence-electron chi connectivity index (χ4n) is 4.16. The number of aryl methyl sites for hydroxylation is 1. The van der Waals surface area contributed by atoms with Gasteiger partial charge < -0.3 is 14.4 Å². The minimum absolute atomic E-state index is 0.237. The van der Waals surface area contributed by atoms with E-state index in [4.69, 9.17) is 9.47 Å². The lowest BCUT2D eigenvalue weighted by Gasteiger charge is -2.40. The van der Waals surface area contributed by atoms with Crippen LogP contribution in [0.5, 0.6) is 0 Å². The number of rotatable bonds is 3. The summed E-state index contributed by atoms with van der Waals surface area (Å²) in [6, 6.07) is 12.5. The standard InChI is InChI=1S/C24H31NO4/c1-6-17-15-19(16-18-9-7-8-10-20(17)18)24(21(26)28-5)11-13-25(14-12-24)22(27)29-23(2,3)4/h7-10,15-16H,6,11-14H2,1-5H3. The molecule has 0 saturated carbocycles. The molecule has 0 atom stereocenters. The molecular weight excluding hydrogens is 366 g/mol. The Kier molecular flexibility index (Phi) is 5.87. The molecule has 3 rings (SSSR count). The van der Waals surface area contributed by atoms with E-state index in [9.17, 15) is 9.59 Å². The number of carbonyl (C=O) groups is 2. The maximum Gasteiger partial charge on any atom is 0.410 e. The van der Waals surface area contributed by atoms with Gasteiger partial charge in [-0.05, 0) is 68.0 Å². The minimum Gasteiger partial charge on any atom is -0.468 e. The van der Waals surface area contributed by atoms with Gasteiger partial charge in [0.1, 0.15) is 5.60 Å². The summed E-state index contributed by atoms with van der Waals surface area (Å²) < 4.78 is 10.7. The third-order valence-corrected chi connectivity index (χ3v) is 5.73. The van der Waals surface area contributed by atoms with Gasteiger partial charge in [-0.25, -0.2) is 4.79 Å². The number of amides is 1. The van der Waals surface area contributed by atoms with Gasteiger partial charge in [-0.3, -0.25) is 4.79 Å². The molecule has 0 spiro atoms. The van der Waals surface area contributed by atoms with Gasteiger partial charge in [0.2, 0.25) is 0 Å². The van der Waals surface area contributed by atoms with Crippen molar-refractivity contribution in [1.29, 1.82) is 0 Å². The van der Waals surface area contributed by atoms with Gasteiger partial charge in [0.15, 0.2) is 0 Å². The number of esters is 1. The van der Waals surface area contributed by atoms with E-state index in [1.807, 2.05) is 32.9 Å². The second-order valence-corrected chi connectivity index (χ2v) is 8.75. The maximum absolute atomic E-state index is 13.0. The number of hydrogen-bond acceptors (Lipinski definition) is 4. The van der Waals surface area contributed by atoms with Crippen LogP contribution >= 0.6 is 0 Å². The smallest absolute Gasteiger partial charge is 0.410 e. The monoisotopic (exact) mass is 397 g/mol. The van der Waals surface area contributed by atoms with Crippen LogP contribution in [0.25, 0.3) is 10.8 Å². The second kappa shape index (κ2) is 8.05. The summed E-state index contributed by atoms with van der Waals surface area (Å²) in [5, 5.41) is 2.34. The Hall–Kier alpha value is -2.56. The Morgan fingerprint density at radius 2 is 1.76 bits per heavy atom. The fraction of sp³-hybridized carbons (Fsp3) is 0.500. The SMILES string of the molecule is CCc1cc(C2(C(=O)OC)CCN(C(=O)OC(C)(C)C)CC2)cc2ccccc12. The molecule has 29 heavy (non-hydrogen) atoms. The number of methoxy groups -OCH3 is 1. The first-order chi connectivity index (χ1) is 13.7. The van der Waals surface area contributed by atoms with Gasteiger partial charge in [-0.2, -0.15) is 0 Å². The number of likely N-dealkylation sites (tertiary alicyclic amines) is 1. The lowest BCUT2D eigenvalue weighted by molar-refractivity contribution is -0.149. The zero-order valence-electron chi connectivity index (χ0n) is 18.1. The summed E-state index contributed by atoms with van der Waals surface area (Å²) in [6.45, 7) is 8.61. The number of benzene rings is 2. The fourth-order valence-corrected chi connectivity index (χ4v) is 4.16. The molecule has 1 aliphatic rings. The normalized spacial score (nSPS) is 16.5. The molecule has 0 aliphatic carbocycles. The van der Waals surface area contributed by atoms with E-state index < -0.39 is 11.0 Å². The molecular formula is C24H31NO4. The molecule has 1 saturated heterocycles. The van der Waals surface area contributed by atoms with Crippen LogP contribution in [0.1, 0.15) is 51.7 Å². The Bertz CT molecular complexity index is 905. The number of piperidine rings is 1. The largest absolute Gasteiger partial charge is 0.468 e. The minimum atomic E-state index is -0.749. The molecule has 1 fully saturated rings. The van der Waals surface area contributed by atoms with Crippen molar-refractivity contribution in [2.24, 2.45) is 0 Å². The van der Waals surface area contributed by atoms with Crippen molar-refractivity contribution in [1.82, 2.24) is 4.90 Å². The van der Waals surface area contributed by atoms with Crippen molar-refractivity contribution in [3.05, 3.63) is 47.5 Å². The van der Waals surface area contributed by atoms with Crippen LogP contribution in [0.3, 0.4) is 0 Å². The molecule has 0 bridgehead atoms. The molecule has 2 aromatic rings. The molecule has 156 valence electrons. The van der Waals surface area contributed by atoms with Crippen molar-refractivity contribution < 1.29 is 19.1 Å². The van der Waals surface area contributed by atoms with Crippen molar-refractivity contribution in [2.45, 2.75) is 58.0 Å². The van der Waals surface area contributed by atoms with Crippen LogP contribution in [0.15, 0.2) is 36.4 Å². The topological polar surface area (TPSA) is 55.8 Å². The molecule has 0 aromatic heterocycles. The molecule has 1 amide bonds. The molecule has 0 N–H and O–H groups in total. The van der Waals surface area contributed by atoms with Crippen LogP contribution in [-0.4, -0.2) is 42.8 Å². The highest BCUT2D eigenvalue weighted by Gasteiger charge is 2.45. The predicted molar refractivity (Wildman–Crippen MR) is 114 cm³/mol. The van der Waals surface area contributed by atoms with Crippen LogP contribution in [0, 0.1) is 0 Å². The maximum atomic E-state index is 13.0. The van der Waals surface area contributed by atoms with Gasteiger partial charge in [0, 0.05) is 13.1 Å². The summed E-state index contributed by atoms with van der Waals surface area (Å²) in [5.74, 6) is -0.237. The Labute approximate surface area is 173 Å². The zero-order chi connectivity index (χ0) is 21.2. The third kappa shape index (κ3) is 4.24. The first-order valence-corrected chi connectivity index (χ1v) is 10.3. The lowest BCUT2D eigenvalue weighted by Crippen LogP contribution is -2.50. The lowest BCUT2D eigenvalue weighted by atomic mass is 9.71. The van der Waals surface area contributed by atoms with E-state index in [0.29, 0.717) is 25.9 Å². The Morgan fingerprint density at radius 3 is 2.34 bits per heavy atom. The quantitative estimate of drug-likeness (QED) is 0.695. The second-order valence-electron chi connectivity index (χ2n) is 8.75. The molecule has 1 heterocycles. The number of nitrogens with zero attached hydrogens (tertiary/aromatic N) is 1. The third-order valence-electron chi connectivity index (χ3n) is 5.73. The highest BCUT2D eigenvalue weighted by molar-refractivity contribution is 5.90. The highest BCUT2D eigenvalue weighted by Crippen LogP contribution is 2.39. The number of fused-ring (bicyclic) bond motifs is 1. The van der Waals surface area contributed by atoms with E-state index in [0.717, 1.165) is 17.4 Å². The van der Waals surface area contributed by atoms with Gasteiger partial charge >= 0.3 is 12.1 Å². The molecule has 1 aliphatic heterocycles. The van der Waals surface area contributed by atoms with Gasteiger partial charge in [-0.15, -0.1) is 0 Å². The molecule has 2 aromatic carbocycles. The first-order valence-electron chi connectivity index (χ1n) is 10.3. The zero-order valence-corrected chi connectivity index (χ0v) is 18.1. The van der Waals surface area contributed by atoms with Gasteiger partial charge in [-0.1, -0.05) is 37.3 Å². The van der Waals surface area contributed by atoms with E-state index >= 15 is 0 Å². The van der Waals surface area contributed by atoms with Crippen molar-refractivity contribution in [3.63, 3.8) is 0 Å². The van der Waals surface area contributed by atoms with E-state index in [1.54, 1.807) is 4.90 Å². The summed E-state index contributed by atoms with van der Waals surface area (Å²) in [7, 11) is 1.44. The van der Waals surface area contributed by atoms with Crippen molar-refractivity contribution in [2.75, 3.05) is 20.2 Å². The van der Waals surface area contributed by atoms with E-state index in [1.165, 1.54) is 18.1 Å². The molecule has 5 heteroatoms. The van der Waals surface area contributed by atoms with Crippen LogP contribution in [-0.2, 0) is 26.1 Å². The molecule has 0 radical (unpaired) electrons. The van der Waals surface area contributed by atoms with E-state index in [2.05, 4.69) is 31.2 Å². The molecule has 0 unspecified atom stereocenters. The number of ether oxygens (including phenoxy) is 2. The van der Waals surface area contributed by atoms with E-state index in [-0.39, 0.29) is 12.1 Å². The Morgan fingerprint density at radius 1 is 1.10 bits per heavy atom. The molecule has 5 nitrogen and oxygen atoms in total. The van der Waals surface area contributed by atoms with Crippen molar-refractivity contribution in [3.8, 4) is 0 Å². The van der Waals surface area contributed by atoms with Crippen LogP contribution < -0.4 is 0 Å². The predicted octanol–water partition coefficient (Wildman–Crippen LogP) is 4.84. The number of hydrogen-bond donors (Lipinski definition) is 0. The summed E-state index contributed by atoms with van der Waals surface area (Å²) in [5.41, 5.74) is 0.906. The average Bonchev–Trinajstić information content (AvgIpc) is 2.71. The number of carbonyl (C=O) groups excluding carboxylic acids is 2. The average molecular weight is 398 g/mol. The highest BCUT2D eigenvalue weighted by atomic mass is 16.6. The summed E-state index contributed by atoms with van der Waals surface area (Å²) >= 11 is 0. The van der Waals surface area contributed by atoms with Crippen LogP contribution in [0.2, 0.25) is 0 Å². The summed E-state index contributed by atoms with van der Waals surface area (Å²) in [4.78, 5) is 27.1.